The molecule has 0 radical (unpaired) electrons. The number of amides is 1. The van der Waals surface area contributed by atoms with Crippen molar-refractivity contribution in [3.8, 4) is 5.75 Å². The van der Waals surface area contributed by atoms with Gasteiger partial charge in [-0.3, -0.25) is 4.79 Å². The van der Waals surface area contributed by atoms with Crippen molar-refractivity contribution in [1.82, 2.24) is 5.32 Å². The predicted octanol–water partition coefficient (Wildman–Crippen LogP) is 0.761. The van der Waals surface area contributed by atoms with E-state index >= 15 is 0 Å². The summed E-state index contributed by atoms with van der Waals surface area (Å²) in [6.07, 6.45) is 2.16. The summed E-state index contributed by atoms with van der Waals surface area (Å²) < 4.78 is 10.7. The van der Waals surface area contributed by atoms with Gasteiger partial charge in [0.2, 0.25) is 5.91 Å². The zero-order chi connectivity index (χ0) is 14.8. The first kappa shape index (κ1) is 14.0. The van der Waals surface area contributed by atoms with Crippen LogP contribution in [0.2, 0.25) is 0 Å². The number of ether oxygens (including phenoxy) is 2. The maximum absolute atomic E-state index is 12.4. The summed E-state index contributed by atoms with van der Waals surface area (Å²) in [5.74, 6) is 0.660. The Morgan fingerprint density at radius 3 is 3.00 bits per heavy atom. The van der Waals surface area contributed by atoms with Crippen LogP contribution in [0, 0.1) is 0 Å². The lowest BCUT2D eigenvalue weighted by Gasteiger charge is -2.36. The first-order chi connectivity index (χ1) is 10.2. The van der Waals surface area contributed by atoms with Gasteiger partial charge < -0.3 is 25.4 Å². The molecule has 1 heterocycles. The number of rotatable bonds is 4. The van der Waals surface area contributed by atoms with Gasteiger partial charge in [0.15, 0.2) is 0 Å². The zero-order valence-electron chi connectivity index (χ0n) is 12.2. The van der Waals surface area contributed by atoms with Crippen LogP contribution in [0.3, 0.4) is 0 Å². The van der Waals surface area contributed by atoms with Crippen molar-refractivity contribution in [2.24, 2.45) is 0 Å². The Labute approximate surface area is 124 Å². The predicted molar refractivity (Wildman–Crippen MR) is 80.5 cm³/mol. The molecule has 0 spiro atoms. The first-order valence-electron chi connectivity index (χ1n) is 7.27. The maximum atomic E-state index is 12.4. The molecule has 6 nitrogen and oxygen atoms in total. The highest BCUT2D eigenvalue weighted by Gasteiger charge is 2.33. The van der Waals surface area contributed by atoms with Gasteiger partial charge in [-0.2, -0.15) is 0 Å². The van der Waals surface area contributed by atoms with Gasteiger partial charge in [-0.1, -0.05) is 0 Å². The first-order valence-corrected chi connectivity index (χ1v) is 7.27. The summed E-state index contributed by atoms with van der Waals surface area (Å²) in [7, 11) is 1.59. The van der Waals surface area contributed by atoms with Gasteiger partial charge in [0.05, 0.1) is 26.0 Å². The number of morpholine rings is 1. The number of nitrogens with one attached hydrogen (secondary N) is 1. The minimum absolute atomic E-state index is 0.0352. The molecule has 1 aliphatic heterocycles. The maximum Gasteiger partial charge on any atom is 0.245 e. The third-order valence-electron chi connectivity index (χ3n) is 3.90. The molecular weight excluding hydrogens is 270 g/mol. The number of nitrogens with zero attached hydrogens (tertiary/aromatic N) is 1. The van der Waals surface area contributed by atoms with Crippen LogP contribution in [-0.4, -0.2) is 44.9 Å². The molecule has 2 aliphatic rings. The highest BCUT2D eigenvalue weighted by molar-refractivity contribution is 5.86. The van der Waals surface area contributed by atoms with Gasteiger partial charge in [0, 0.05) is 24.3 Å². The molecule has 0 aromatic heterocycles. The van der Waals surface area contributed by atoms with Crippen molar-refractivity contribution < 1.29 is 14.3 Å². The van der Waals surface area contributed by atoms with Gasteiger partial charge in [-0.05, 0) is 25.0 Å². The molecule has 114 valence electrons. The summed E-state index contributed by atoms with van der Waals surface area (Å²) in [6, 6.07) is 5.65. The molecule has 6 heteroatoms. The molecule has 2 fully saturated rings. The van der Waals surface area contributed by atoms with Crippen molar-refractivity contribution in [1.29, 1.82) is 0 Å². The molecule has 1 amide bonds. The summed E-state index contributed by atoms with van der Waals surface area (Å²) in [6.45, 7) is 1.70. The minimum atomic E-state index is -0.298. The standard InChI is InChI=1S/C15H21N3O3/c1-20-14-8-11(4-5-12(14)16)18-6-7-21-9-13(18)15(19)17-10-2-3-10/h4-5,8,10,13H,2-3,6-7,9,16H2,1H3,(H,17,19). The topological polar surface area (TPSA) is 76.8 Å². The van der Waals surface area contributed by atoms with Gasteiger partial charge >= 0.3 is 0 Å². The van der Waals surface area contributed by atoms with Crippen molar-refractivity contribution in [3.63, 3.8) is 0 Å². The van der Waals surface area contributed by atoms with E-state index in [0.29, 0.717) is 37.2 Å². The molecule has 1 saturated heterocycles. The lowest BCUT2D eigenvalue weighted by atomic mass is 10.1. The largest absolute Gasteiger partial charge is 0.495 e. The fraction of sp³-hybridized carbons (Fsp3) is 0.533. The number of nitrogens with two attached hydrogens (primary N) is 1. The molecule has 1 aliphatic carbocycles. The van der Waals surface area contributed by atoms with Gasteiger partial charge in [0.25, 0.3) is 0 Å². The Hall–Kier alpha value is -1.95. The van der Waals surface area contributed by atoms with Crippen molar-refractivity contribution in [2.75, 3.05) is 37.5 Å². The van der Waals surface area contributed by atoms with E-state index in [4.69, 9.17) is 15.2 Å². The lowest BCUT2D eigenvalue weighted by molar-refractivity contribution is -0.124. The van der Waals surface area contributed by atoms with E-state index in [-0.39, 0.29) is 11.9 Å². The van der Waals surface area contributed by atoms with E-state index in [0.717, 1.165) is 18.5 Å². The minimum Gasteiger partial charge on any atom is -0.495 e. The van der Waals surface area contributed by atoms with Crippen LogP contribution in [0.1, 0.15) is 12.8 Å². The average molecular weight is 291 g/mol. The van der Waals surface area contributed by atoms with Crippen LogP contribution < -0.4 is 20.7 Å². The Bertz CT molecular complexity index is 531. The second-order valence-corrected chi connectivity index (χ2v) is 5.49. The molecule has 3 rings (SSSR count). The molecular formula is C15H21N3O3. The quantitative estimate of drug-likeness (QED) is 0.801. The number of methoxy groups -OCH3 is 1. The molecule has 1 saturated carbocycles. The van der Waals surface area contributed by atoms with Crippen LogP contribution in [0.5, 0.6) is 5.75 Å². The van der Waals surface area contributed by atoms with E-state index in [1.165, 1.54) is 0 Å². The van der Waals surface area contributed by atoms with Crippen molar-refractivity contribution in [3.05, 3.63) is 18.2 Å². The number of carbonyl (C=O) groups is 1. The number of nitrogen functional groups attached to an aromatic ring is 1. The molecule has 0 bridgehead atoms. The molecule has 1 aromatic rings. The number of benzene rings is 1. The Morgan fingerprint density at radius 1 is 1.48 bits per heavy atom. The van der Waals surface area contributed by atoms with Crippen molar-refractivity contribution >= 4 is 17.3 Å². The monoisotopic (exact) mass is 291 g/mol. The lowest BCUT2D eigenvalue weighted by Crippen LogP contribution is -2.54. The van der Waals surface area contributed by atoms with Crippen LogP contribution in [0.15, 0.2) is 18.2 Å². The van der Waals surface area contributed by atoms with Crippen LogP contribution >= 0.6 is 0 Å². The zero-order valence-corrected chi connectivity index (χ0v) is 12.2. The smallest absolute Gasteiger partial charge is 0.245 e. The molecule has 1 aromatic carbocycles. The van der Waals surface area contributed by atoms with Crippen LogP contribution in [0.25, 0.3) is 0 Å². The van der Waals surface area contributed by atoms with Crippen LogP contribution in [0.4, 0.5) is 11.4 Å². The number of carbonyl (C=O) groups excluding carboxylic acids is 1. The third-order valence-corrected chi connectivity index (χ3v) is 3.90. The van der Waals surface area contributed by atoms with Crippen LogP contribution in [-0.2, 0) is 9.53 Å². The average Bonchev–Trinajstić information content (AvgIpc) is 3.32. The fourth-order valence-electron chi connectivity index (χ4n) is 2.53. The molecule has 21 heavy (non-hydrogen) atoms. The summed E-state index contributed by atoms with van der Waals surface area (Å²) >= 11 is 0. The Morgan fingerprint density at radius 2 is 2.29 bits per heavy atom. The van der Waals surface area contributed by atoms with Gasteiger partial charge in [-0.15, -0.1) is 0 Å². The third kappa shape index (κ3) is 3.05. The van der Waals surface area contributed by atoms with Gasteiger partial charge in [-0.25, -0.2) is 0 Å². The Kier molecular flexibility index (Phi) is 3.88. The van der Waals surface area contributed by atoms with E-state index in [2.05, 4.69) is 10.2 Å². The SMILES string of the molecule is COc1cc(N2CCOCC2C(=O)NC2CC2)ccc1N. The summed E-state index contributed by atoms with van der Waals surface area (Å²) in [5.41, 5.74) is 7.37. The fourth-order valence-corrected chi connectivity index (χ4v) is 2.53. The second kappa shape index (κ2) is 5.81. The van der Waals surface area contributed by atoms with E-state index in [1.54, 1.807) is 13.2 Å². The number of anilines is 2. The molecule has 1 atom stereocenters. The highest BCUT2D eigenvalue weighted by Crippen LogP contribution is 2.29. The van der Waals surface area contributed by atoms with Gasteiger partial charge in [0.1, 0.15) is 11.8 Å². The van der Waals surface area contributed by atoms with E-state index in [1.807, 2.05) is 12.1 Å². The van der Waals surface area contributed by atoms with Crippen molar-refractivity contribution in [2.45, 2.75) is 24.9 Å². The second-order valence-electron chi connectivity index (χ2n) is 5.49. The normalized spacial score (nSPS) is 22.0. The Balaban J connectivity index is 1.81. The molecule has 3 N–H and O–H groups in total. The number of hydrogen-bond acceptors (Lipinski definition) is 5. The summed E-state index contributed by atoms with van der Waals surface area (Å²) in [5, 5.41) is 3.05. The highest BCUT2D eigenvalue weighted by atomic mass is 16.5. The van der Waals surface area contributed by atoms with E-state index < -0.39 is 0 Å². The number of hydrogen-bond donors (Lipinski definition) is 2. The summed E-state index contributed by atoms with van der Waals surface area (Å²) in [4.78, 5) is 14.4. The molecule has 1 unspecified atom stereocenters. The van der Waals surface area contributed by atoms with E-state index in [9.17, 15) is 4.79 Å².